The highest BCUT2D eigenvalue weighted by Gasteiger charge is 2.26. The molecular weight excluding hydrogens is 591 g/mol. The maximum atomic E-state index is 5.20. The smallest absolute Gasteiger partial charge is 0.238 e. The Bertz CT molecular complexity index is 2700. The summed E-state index contributed by atoms with van der Waals surface area (Å²) >= 11 is 3.61. The molecule has 0 radical (unpaired) electrons. The second-order valence-electron chi connectivity index (χ2n) is 11.1. The minimum Gasteiger partial charge on any atom is -0.276 e. The maximum Gasteiger partial charge on any atom is 0.238 e. The van der Waals surface area contributed by atoms with E-state index < -0.39 is 0 Å². The summed E-state index contributed by atoms with van der Waals surface area (Å²) in [6.45, 7) is 0. The van der Waals surface area contributed by atoms with Crippen LogP contribution in [0.5, 0.6) is 0 Å². The van der Waals surface area contributed by atoms with Crippen LogP contribution >= 0.6 is 22.7 Å². The highest BCUT2D eigenvalue weighted by Crippen LogP contribution is 2.51. The van der Waals surface area contributed by atoms with Crippen molar-refractivity contribution in [3.8, 4) is 28.7 Å². The van der Waals surface area contributed by atoms with Crippen molar-refractivity contribution in [3.63, 3.8) is 0 Å². The number of benzene rings is 5. The summed E-state index contributed by atoms with van der Waals surface area (Å²) in [5.41, 5.74) is 4.06. The van der Waals surface area contributed by atoms with E-state index in [1.807, 2.05) is 60.0 Å². The van der Waals surface area contributed by atoms with Crippen LogP contribution in [0.3, 0.4) is 0 Å². The topological polar surface area (TPSA) is 56.5 Å². The van der Waals surface area contributed by atoms with Crippen LogP contribution in [-0.4, -0.2) is 24.5 Å². The van der Waals surface area contributed by atoms with Gasteiger partial charge in [0.25, 0.3) is 0 Å². The molecule has 0 amide bonds. The first kappa shape index (κ1) is 24.9. The predicted molar refractivity (Wildman–Crippen MR) is 189 cm³/mol. The molecule has 0 bridgehead atoms. The van der Waals surface area contributed by atoms with Crippen LogP contribution < -0.4 is 0 Å². The molecule has 10 aromatic rings. The molecule has 210 valence electrons. The van der Waals surface area contributed by atoms with Gasteiger partial charge in [-0.1, -0.05) is 97.1 Å². The van der Waals surface area contributed by atoms with Gasteiger partial charge in [0.2, 0.25) is 5.95 Å². The molecule has 5 aromatic carbocycles. The van der Waals surface area contributed by atoms with E-state index >= 15 is 0 Å². The minimum atomic E-state index is 0.597. The molecule has 0 saturated heterocycles. The van der Waals surface area contributed by atoms with E-state index in [9.17, 15) is 0 Å². The molecule has 0 fully saturated rings. The summed E-state index contributed by atoms with van der Waals surface area (Å²) in [5, 5.41) is 7.37. The number of hydrogen-bond donors (Lipinski definition) is 0. The first-order valence-electron chi connectivity index (χ1n) is 14.7. The molecule has 0 spiro atoms. The van der Waals surface area contributed by atoms with Gasteiger partial charge in [-0.15, -0.1) is 22.7 Å². The number of aromatic nitrogens is 5. The zero-order valence-electron chi connectivity index (χ0n) is 23.7. The van der Waals surface area contributed by atoms with Gasteiger partial charge >= 0.3 is 0 Å². The molecule has 0 aliphatic rings. The Morgan fingerprint density at radius 2 is 1.13 bits per heavy atom. The summed E-state index contributed by atoms with van der Waals surface area (Å²) in [6, 6.07) is 42.0. The normalized spacial score (nSPS) is 12.0. The number of thiophene rings is 2. The first-order valence-corrected chi connectivity index (χ1v) is 16.4. The largest absolute Gasteiger partial charge is 0.276 e. The molecule has 5 nitrogen and oxygen atoms in total. The van der Waals surface area contributed by atoms with Crippen molar-refractivity contribution in [3.05, 3.63) is 128 Å². The van der Waals surface area contributed by atoms with Gasteiger partial charge in [0.15, 0.2) is 11.6 Å². The van der Waals surface area contributed by atoms with Crippen LogP contribution in [0.15, 0.2) is 128 Å². The highest BCUT2D eigenvalue weighted by atomic mass is 32.1. The van der Waals surface area contributed by atoms with E-state index in [4.69, 9.17) is 19.9 Å². The van der Waals surface area contributed by atoms with Crippen LogP contribution in [0.2, 0.25) is 0 Å². The lowest BCUT2D eigenvalue weighted by molar-refractivity contribution is 0.955. The maximum absolute atomic E-state index is 5.20. The molecule has 0 saturated carbocycles. The molecule has 5 aromatic heterocycles. The van der Waals surface area contributed by atoms with Crippen LogP contribution in [0.1, 0.15) is 0 Å². The Balaban J connectivity index is 1.45. The number of fused-ring (bicyclic) bond motifs is 12. The van der Waals surface area contributed by atoms with Gasteiger partial charge in [-0.05, 0) is 24.3 Å². The highest BCUT2D eigenvalue weighted by molar-refractivity contribution is 7.30. The van der Waals surface area contributed by atoms with E-state index in [0.29, 0.717) is 17.6 Å². The van der Waals surface area contributed by atoms with Gasteiger partial charge in [0.1, 0.15) is 4.83 Å². The molecule has 5 heterocycles. The third-order valence-corrected chi connectivity index (χ3v) is 10.8. The van der Waals surface area contributed by atoms with Crippen LogP contribution in [-0.2, 0) is 0 Å². The van der Waals surface area contributed by atoms with E-state index in [-0.39, 0.29) is 0 Å². The Morgan fingerprint density at radius 1 is 0.489 bits per heavy atom. The van der Waals surface area contributed by atoms with Gasteiger partial charge in [-0.3, -0.25) is 4.57 Å². The van der Waals surface area contributed by atoms with Crippen molar-refractivity contribution in [2.45, 2.75) is 0 Å². The van der Waals surface area contributed by atoms with Crippen molar-refractivity contribution in [1.82, 2.24) is 24.5 Å². The number of pyridine rings is 1. The van der Waals surface area contributed by atoms with Gasteiger partial charge in [-0.25, -0.2) is 9.97 Å². The summed E-state index contributed by atoms with van der Waals surface area (Å²) in [6.07, 6.45) is 1.89. The molecule has 0 unspecified atom stereocenters. The van der Waals surface area contributed by atoms with Crippen LogP contribution in [0, 0.1) is 0 Å². The minimum absolute atomic E-state index is 0.597. The average Bonchev–Trinajstić information content (AvgIpc) is 3.78. The molecule has 0 aliphatic carbocycles. The molecular formula is C38H21N5S2. The lowest BCUT2D eigenvalue weighted by Crippen LogP contribution is -2.06. The van der Waals surface area contributed by atoms with E-state index in [1.54, 1.807) is 11.3 Å². The predicted octanol–water partition coefficient (Wildman–Crippen LogP) is 10.4. The molecule has 0 aliphatic heterocycles. The van der Waals surface area contributed by atoms with Gasteiger partial charge in [0, 0.05) is 59.0 Å². The fourth-order valence-corrected chi connectivity index (χ4v) is 9.14. The Labute approximate surface area is 264 Å². The van der Waals surface area contributed by atoms with Gasteiger partial charge < -0.3 is 0 Å². The van der Waals surface area contributed by atoms with Gasteiger partial charge in [0.05, 0.1) is 15.7 Å². The van der Waals surface area contributed by atoms with Gasteiger partial charge in [-0.2, -0.15) is 9.97 Å². The molecule has 0 atom stereocenters. The Kier molecular flexibility index (Phi) is 5.25. The lowest BCUT2D eigenvalue weighted by Gasteiger charge is -2.11. The SMILES string of the molecule is c1ccc(-c2nc(-c3ccccc3)nc(-n3c4ccccc4c4c5c6ccccc6sc5c5c6cccnc6sc5c43)n2)cc1. The van der Waals surface area contributed by atoms with Crippen molar-refractivity contribution >= 4 is 85.0 Å². The summed E-state index contributed by atoms with van der Waals surface area (Å²) < 4.78 is 6.03. The molecule has 0 N–H and O–H groups in total. The molecule has 45 heavy (non-hydrogen) atoms. The third kappa shape index (κ3) is 3.59. The number of hydrogen-bond acceptors (Lipinski definition) is 6. The second-order valence-corrected chi connectivity index (χ2v) is 13.1. The second kappa shape index (κ2) is 9.50. The summed E-state index contributed by atoms with van der Waals surface area (Å²) in [5.74, 6) is 1.88. The third-order valence-electron chi connectivity index (χ3n) is 8.52. The molecule has 10 rings (SSSR count). The monoisotopic (exact) mass is 611 g/mol. The first-order chi connectivity index (χ1) is 22.3. The fourth-order valence-electron chi connectivity index (χ4n) is 6.61. The number of para-hydroxylation sites is 1. The standard InChI is InChI=1S/C38H21N5S2/c1-3-12-22(13-4-1)35-40-36(23-14-5-2-6-15-23)42-38(41-35)43-27-19-9-7-16-24(27)29-30-25-17-8-10-20-28(25)44-33(30)31-26-18-11-21-39-37(26)45-34(31)32(29)43/h1-21H. The van der Waals surface area contributed by atoms with Crippen molar-refractivity contribution in [2.75, 3.05) is 0 Å². The fraction of sp³-hybridized carbons (Fsp3) is 0. The number of nitrogens with zero attached hydrogens (tertiary/aromatic N) is 5. The van der Waals surface area contributed by atoms with Crippen molar-refractivity contribution < 1.29 is 0 Å². The van der Waals surface area contributed by atoms with E-state index in [0.717, 1.165) is 27.0 Å². The van der Waals surface area contributed by atoms with Crippen LogP contribution in [0.25, 0.3) is 91.0 Å². The van der Waals surface area contributed by atoms with Crippen molar-refractivity contribution in [1.29, 1.82) is 0 Å². The zero-order chi connectivity index (χ0) is 29.5. The zero-order valence-corrected chi connectivity index (χ0v) is 25.3. The lowest BCUT2D eigenvalue weighted by atomic mass is 10.0. The van der Waals surface area contributed by atoms with Crippen LogP contribution in [0.4, 0.5) is 0 Å². The van der Waals surface area contributed by atoms with E-state index in [1.165, 1.54) is 46.4 Å². The average molecular weight is 612 g/mol. The summed E-state index contributed by atoms with van der Waals surface area (Å²) in [4.78, 5) is 21.2. The quantitative estimate of drug-likeness (QED) is 0.199. The number of rotatable bonds is 3. The van der Waals surface area contributed by atoms with Crippen molar-refractivity contribution in [2.24, 2.45) is 0 Å². The van der Waals surface area contributed by atoms with E-state index in [2.05, 4.69) is 83.4 Å². The Hall–Kier alpha value is -5.50. The summed E-state index contributed by atoms with van der Waals surface area (Å²) in [7, 11) is 0. The Morgan fingerprint density at radius 3 is 1.89 bits per heavy atom. The molecule has 7 heteroatoms.